The molecule has 4 aromatic rings. The zero-order valence-electron chi connectivity index (χ0n) is 14.4. The van der Waals surface area contributed by atoms with Gasteiger partial charge in [-0.15, -0.1) is 0 Å². The standard InChI is InChI=1S/C20H14Br2ClN5/c21-11-1-5-13(6-2-11)28(14-7-3-12(22)4-8-14)20-19(25)26-17-9-15(23)16(24)10-18(17)27-20/h1-10H,24H2,(H2,25,26). The third-order valence-electron chi connectivity index (χ3n) is 4.17. The van der Waals surface area contributed by atoms with Crippen LogP contribution in [0.15, 0.2) is 69.6 Å². The average molecular weight is 520 g/mol. The number of nitrogens with two attached hydrogens (primary N) is 2. The number of rotatable bonds is 3. The lowest BCUT2D eigenvalue weighted by atomic mass is 10.2. The molecule has 1 heterocycles. The van der Waals surface area contributed by atoms with Crippen molar-refractivity contribution < 1.29 is 0 Å². The van der Waals surface area contributed by atoms with Crippen LogP contribution < -0.4 is 16.4 Å². The van der Waals surface area contributed by atoms with Gasteiger partial charge < -0.3 is 11.5 Å². The summed E-state index contributed by atoms with van der Waals surface area (Å²) in [6.45, 7) is 0. The largest absolute Gasteiger partial charge is 0.397 e. The highest BCUT2D eigenvalue weighted by atomic mass is 79.9. The van der Waals surface area contributed by atoms with Gasteiger partial charge in [-0.2, -0.15) is 0 Å². The molecule has 0 saturated carbocycles. The third kappa shape index (κ3) is 3.65. The Hall–Kier alpha value is -2.35. The number of hydrogen-bond acceptors (Lipinski definition) is 5. The SMILES string of the molecule is Nc1cc2nc(N(c3ccc(Br)cc3)c3ccc(Br)cc3)c(N)nc2cc1Cl. The first kappa shape index (κ1) is 19.0. The van der Waals surface area contributed by atoms with Gasteiger partial charge in [0.2, 0.25) is 0 Å². The van der Waals surface area contributed by atoms with Crippen LogP contribution >= 0.6 is 43.5 Å². The van der Waals surface area contributed by atoms with E-state index in [4.69, 9.17) is 28.1 Å². The van der Waals surface area contributed by atoms with Crippen molar-refractivity contribution in [3.05, 3.63) is 74.6 Å². The van der Waals surface area contributed by atoms with Gasteiger partial charge in [-0.3, -0.25) is 4.90 Å². The summed E-state index contributed by atoms with van der Waals surface area (Å²) in [6, 6.07) is 19.1. The highest BCUT2D eigenvalue weighted by Crippen LogP contribution is 2.38. The summed E-state index contributed by atoms with van der Waals surface area (Å²) in [7, 11) is 0. The number of nitrogens with zero attached hydrogens (tertiary/aromatic N) is 3. The Morgan fingerprint density at radius 2 is 1.25 bits per heavy atom. The van der Waals surface area contributed by atoms with Gasteiger partial charge >= 0.3 is 0 Å². The van der Waals surface area contributed by atoms with Gasteiger partial charge in [0, 0.05) is 20.3 Å². The fourth-order valence-electron chi connectivity index (χ4n) is 2.84. The maximum atomic E-state index is 6.30. The number of hydrogen-bond donors (Lipinski definition) is 2. The van der Waals surface area contributed by atoms with Gasteiger partial charge in [0.25, 0.3) is 0 Å². The first-order chi connectivity index (χ1) is 13.4. The van der Waals surface area contributed by atoms with Crippen molar-refractivity contribution >= 4 is 83.2 Å². The molecule has 0 aliphatic carbocycles. The topological polar surface area (TPSA) is 81.1 Å². The summed E-state index contributed by atoms with van der Waals surface area (Å²) in [5.74, 6) is 0.804. The minimum atomic E-state index is 0.291. The van der Waals surface area contributed by atoms with E-state index in [1.54, 1.807) is 12.1 Å². The monoisotopic (exact) mass is 517 g/mol. The lowest BCUT2D eigenvalue weighted by Crippen LogP contribution is -2.15. The third-order valence-corrected chi connectivity index (χ3v) is 5.56. The van der Waals surface area contributed by atoms with Crippen molar-refractivity contribution in [1.29, 1.82) is 0 Å². The van der Waals surface area contributed by atoms with Crippen LogP contribution in [-0.2, 0) is 0 Å². The predicted molar refractivity (Wildman–Crippen MR) is 123 cm³/mol. The van der Waals surface area contributed by atoms with E-state index in [0.29, 0.717) is 33.4 Å². The van der Waals surface area contributed by atoms with E-state index in [0.717, 1.165) is 20.3 Å². The van der Waals surface area contributed by atoms with E-state index in [1.807, 2.05) is 53.4 Å². The van der Waals surface area contributed by atoms with Crippen LogP contribution in [0.4, 0.5) is 28.7 Å². The molecule has 28 heavy (non-hydrogen) atoms. The molecule has 0 radical (unpaired) electrons. The van der Waals surface area contributed by atoms with Gasteiger partial charge in [0.05, 0.1) is 21.7 Å². The van der Waals surface area contributed by atoms with Crippen LogP contribution in [0.3, 0.4) is 0 Å². The Labute approximate surface area is 183 Å². The lowest BCUT2D eigenvalue weighted by Gasteiger charge is -2.25. The zero-order chi connectivity index (χ0) is 19.8. The number of anilines is 5. The Balaban J connectivity index is 1.95. The number of nitrogen functional groups attached to an aromatic ring is 2. The Kier molecular flexibility index (Phi) is 5.14. The fourth-order valence-corrected chi connectivity index (χ4v) is 3.52. The molecule has 3 aromatic carbocycles. The number of aromatic nitrogens is 2. The second-order valence-corrected chi connectivity index (χ2v) is 8.32. The van der Waals surface area contributed by atoms with E-state index in [-0.39, 0.29) is 0 Å². The summed E-state index contributed by atoms with van der Waals surface area (Å²) in [5, 5.41) is 0.423. The number of halogens is 3. The van der Waals surface area contributed by atoms with Crippen molar-refractivity contribution in [1.82, 2.24) is 9.97 Å². The minimum Gasteiger partial charge on any atom is -0.397 e. The molecule has 0 fully saturated rings. The molecule has 5 nitrogen and oxygen atoms in total. The van der Waals surface area contributed by atoms with Crippen molar-refractivity contribution in [2.24, 2.45) is 0 Å². The van der Waals surface area contributed by atoms with Crippen molar-refractivity contribution in [3.8, 4) is 0 Å². The summed E-state index contributed by atoms with van der Waals surface area (Å²) in [4.78, 5) is 11.2. The summed E-state index contributed by atoms with van der Waals surface area (Å²) in [6.07, 6.45) is 0. The smallest absolute Gasteiger partial charge is 0.181 e. The molecular weight excluding hydrogens is 506 g/mol. The molecule has 4 N–H and O–H groups in total. The lowest BCUT2D eigenvalue weighted by molar-refractivity contribution is 1.18. The maximum absolute atomic E-state index is 6.30. The molecule has 0 aliphatic heterocycles. The first-order valence-electron chi connectivity index (χ1n) is 8.26. The van der Waals surface area contributed by atoms with E-state index in [1.165, 1.54) is 0 Å². The minimum absolute atomic E-state index is 0.291. The Morgan fingerprint density at radius 3 is 1.79 bits per heavy atom. The van der Waals surface area contributed by atoms with Crippen molar-refractivity contribution in [2.45, 2.75) is 0 Å². The van der Waals surface area contributed by atoms with Crippen LogP contribution in [0.25, 0.3) is 11.0 Å². The molecule has 0 atom stereocenters. The molecule has 0 aliphatic rings. The Morgan fingerprint density at radius 1 is 0.750 bits per heavy atom. The van der Waals surface area contributed by atoms with Crippen molar-refractivity contribution in [2.75, 3.05) is 16.4 Å². The molecule has 0 spiro atoms. The van der Waals surface area contributed by atoms with Gasteiger partial charge in [-0.1, -0.05) is 43.5 Å². The van der Waals surface area contributed by atoms with Gasteiger partial charge in [0.15, 0.2) is 11.6 Å². The normalized spacial score (nSPS) is 11.0. The van der Waals surface area contributed by atoms with Crippen LogP contribution in [0.1, 0.15) is 0 Å². The fraction of sp³-hybridized carbons (Fsp3) is 0. The Bertz CT molecular complexity index is 1120. The molecule has 1 aromatic heterocycles. The molecular formula is C20H14Br2ClN5. The molecule has 0 unspecified atom stereocenters. The molecule has 4 rings (SSSR count). The van der Waals surface area contributed by atoms with Gasteiger partial charge in [0.1, 0.15) is 0 Å². The second kappa shape index (κ2) is 7.58. The van der Waals surface area contributed by atoms with E-state index in [2.05, 4.69) is 36.8 Å². The molecule has 8 heteroatoms. The second-order valence-electron chi connectivity index (χ2n) is 6.08. The molecule has 0 bridgehead atoms. The van der Waals surface area contributed by atoms with Crippen molar-refractivity contribution in [3.63, 3.8) is 0 Å². The summed E-state index contributed by atoms with van der Waals surface area (Å²) < 4.78 is 1.96. The van der Waals surface area contributed by atoms with Crippen LogP contribution in [-0.4, -0.2) is 9.97 Å². The average Bonchev–Trinajstić information content (AvgIpc) is 2.67. The summed E-state index contributed by atoms with van der Waals surface area (Å²) in [5.41, 5.74) is 15.7. The first-order valence-corrected chi connectivity index (χ1v) is 10.2. The highest BCUT2D eigenvalue weighted by Gasteiger charge is 2.19. The van der Waals surface area contributed by atoms with Crippen LogP contribution in [0.5, 0.6) is 0 Å². The van der Waals surface area contributed by atoms with E-state index in [9.17, 15) is 0 Å². The van der Waals surface area contributed by atoms with Gasteiger partial charge in [-0.05, 0) is 60.7 Å². The van der Waals surface area contributed by atoms with Crippen LogP contribution in [0, 0.1) is 0 Å². The quantitative estimate of drug-likeness (QED) is 0.304. The predicted octanol–water partition coefficient (Wildman–Crippen LogP) is 6.44. The molecule has 0 saturated heterocycles. The number of benzene rings is 3. The zero-order valence-corrected chi connectivity index (χ0v) is 18.3. The van der Waals surface area contributed by atoms with E-state index >= 15 is 0 Å². The summed E-state index contributed by atoms with van der Waals surface area (Å²) >= 11 is 13.1. The van der Waals surface area contributed by atoms with Gasteiger partial charge in [-0.25, -0.2) is 9.97 Å². The van der Waals surface area contributed by atoms with E-state index < -0.39 is 0 Å². The maximum Gasteiger partial charge on any atom is 0.181 e. The highest BCUT2D eigenvalue weighted by molar-refractivity contribution is 9.10. The molecule has 0 amide bonds. The number of fused-ring (bicyclic) bond motifs is 1. The molecule has 140 valence electrons. The van der Waals surface area contributed by atoms with Crippen LogP contribution in [0.2, 0.25) is 5.02 Å².